The van der Waals surface area contributed by atoms with Crippen molar-refractivity contribution in [2.75, 3.05) is 0 Å². The van der Waals surface area contributed by atoms with Gasteiger partial charge in [-0.25, -0.2) is 0 Å². The predicted molar refractivity (Wildman–Crippen MR) is 80.5 cm³/mol. The summed E-state index contributed by atoms with van der Waals surface area (Å²) in [7, 11) is -1.57. The van der Waals surface area contributed by atoms with Gasteiger partial charge in [-0.05, 0) is 24.3 Å². The van der Waals surface area contributed by atoms with E-state index in [4.69, 9.17) is 0 Å². The van der Waals surface area contributed by atoms with Crippen molar-refractivity contribution in [3.8, 4) is 0 Å². The topological polar surface area (TPSA) is 46.2 Å². The second-order valence-electron chi connectivity index (χ2n) is 5.00. The highest BCUT2D eigenvalue weighted by Crippen LogP contribution is 2.10. The largest absolute Gasteiger partial charge is 0.289 e. The van der Waals surface area contributed by atoms with Crippen molar-refractivity contribution >= 4 is 19.9 Å². The van der Waals surface area contributed by atoms with Crippen molar-refractivity contribution in [2.24, 2.45) is 0 Å². The molecule has 100 valence electrons. The molecule has 2 amide bonds. The third kappa shape index (κ3) is 5.48. The molecule has 0 radical (unpaired) electrons. The van der Waals surface area contributed by atoms with Crippen LogP contribution >= 0.6 is 0 Å². The Morgan fingerprint density at radius 3 is 2.47 bits per heavy atom. The fourth-order valence-corrected chi connectivity index (χ4v) is 3.04. The molecule has 0 bridgehead atoms. The molecule has 0 aromatic heterocycles. The molecule has 0 aliphatic rings. The molecule has 0 aliphatic carbocycles. The highest BCUT2D eigenvalue weighted by atomic mass is 28.3. The first kappa shape index (κ1) is 15.1. The molecule has 0 atom stereocenters. The van der Waals surface area contributed by atoms with E-state index in [9.17, 15) is 9.59 Å². The van der Waals surface area contributed by atoms with Crippen molar-refractivity contribution in [3.63, 3.8) is 0 Å². The summed E-state index contributed by atoms with van der Waals surface area (Å²) in [6.45, 7) is 7.98. The number of carbonyl (C=O) groups excluding carboxylic acids is 2. The Bertz CT molecular complexity index is 492. The third-order valence-electron chi connectivity index (χ3n) is 2.63. The van der Waals surface area contributed by atoms with Gasteiger partial charge < -0.3 is 0 Å². The molecular weight excluding hydrogens is 254 g/mol. The summed E-state index contributed by atoms with van der Waals surface area (Å²) >= 11 is 0. The maximum atomic E-state index is 11.7. The number of benzene rings is 1. The molecule has 1 rings (SSSR count). The Balaban J connectivity index is 2.59. The SMILES string of the molecule is C=CC[Si](C)(C)/C=C/C(=O)NC(=O)c1ccccc1. The van der Waals surface area contributed by atoms with Crippen molar-refractivity contribution in [2.45, 2.75) is 19.1 Å². The van der Waals surface area contributed by atoms with Gasteiger partial charge in [-0.3, -0.25) is 14.9 Å². The fourth-order valence-electron chi connectivity index (χ4n) is 1.56. The molecule has 1 N–H and O–H groups in total. The van der Waals surface area contributed by atoms with Crippen LogP contribution in [0.5, 0.6) is 0 Å². The van der Waals surface area contributed by atoms with Gasteiger partial charge in [0.25, 0.3) is 5.91 Å². The van der Waals surface area contributed by atoms with E-state index in [0.717, 1.165) is 6.04 Å². The number of carbonyl (C=O) groups is 2. The summed E-state index contributed by atoms with van der Waals surface area (Å²) in [6, 6.07) is 9.58. The van der Waals surface area contributed by atoms with Crippen LogP contribution in [0, 0.1) is 0 Å². The molecule has 0 fully saturated rings. The smallest absolute Gasteiger partial charge is 0.258 e. The Morgan fingerprint density at radius 1 is 1.26 bits per heavy atom. The molecule has 1 aromatic carbocycles. The van der Waals surface area contributed by atoms with Crippen molar-refractivity contribution < 1.29 is 9.59 Å². The van der Waals surface area contributed by atoms with Crippen LogP contribution in [0.25, 0.3) is 0 Å². The fraction of sp³-hybridized carbons (Fsp3) is 0.200. The summed E-state index contributed by atoms with van der Waals surface area (Å²) in [5, 5.41) is 2.34. The normalized spacial score (nSPS) is 11.3. The molecule has 0 saturated carbocycles. The summed E-state index contributed by atoms with van der Waals surface area (Å²) in [5.74, 6) is -0.753. The molecule has 19 heavy (non-hydrogen) atoms. The number of hydrogen-bond acceptors (Lipinski definition) is 2. The lowest BCUT2D eigenvalue weighted by atomic mass is 10.2. The highest BCUT2D eigenvalue weighted by molar-refractivity contribution is 6.82. The predicted octanol–water partition coefficient (Wildman–Crippen LogP) is 2.93. The zero-order valence-corrected chi connectivity index (χ0v) is 12.3. The minimum absolute atomic E-state index is 0.376. The molecule has 4 heteroatoms. The molecule has 0 unspecified atom stereocenters. The van der Waals surface area contributed by atoms with Crippen LogP contribution in [0.3, 0.4) is 0 Å². The van der Waals surface area contributed by atoms with E-state index in [0.29, 0.717) is 5.56 Å². The molecule has 0 spiro atoms. The average molecular weight is 273 g/mol. The van der Waals surface area contributed by atoms with E-state index in [2.05, 4.69) is 25.0 Å². The first-order valence-corrected chi connectivity index (χ1v) is 9.43. The summed E-state index contributed by atoms with van der Waals surface area (Å²) < 4.78 is 0. The molecular formula is C15H19NO2Si. The number of allylic oxidation sites excluding steroid dienone is 1. The first-order valence-electron chi connectivity index (χ1n) is 6.15. The lowest BCUT2D eigenvalue weighted by Crippen LogP contribution is -2.30. The molecule has 0 saturated heterocycles. The van der Waals surface area contributed by atoms with Crippen LogP contribution in [-0.4, -0.2) is 19.9 Å². The Labute approximate surface area is 115 Å². The van der Waals surface area contributed by atoms with Gasteiger partial charge >= 0.3 is 0 Å². The van der Waals surface area contributed by atoms with Crippen LogP contribution in [-0.2, 0) is 4.79 Å². The number of nitrogens with one attached hydrogen (secondary N) is 1. The molecule has 1 aromatic rings. The van der Waals surface area contributed by atoms with Crippen LogP contribution in [0.2, 0.25) is 19.1 Å². The van der Waals surface area contributed by atoms with Gasteiger partial charge in [0.05, 0.1) is 8.07 Å². The molecule has 0 heterocycles. The quantitative estimate of drug-likeness (QED) is 0.509. The second kappa shape index (κ2) is 6.85. The van der Waals surface area contributed by atoms with Crippen molar-refractivity contribution in [1.29, 1.82) is 0 Å². The molecule has 0 aliphatic heterocycles. The van der Waals surface area contributed by atoms with Crippen molar-refractivity contribution in [1.82, 2.24) is 5.32 Å². The van der Waals surface area contributed by atoms with Crippen molar-refractivity contribution in [3.05, 3.63) is 60.3 Å². The van der Waals surface area contributed by atoms with Gasteiger partial charge in [-0.1, -0.05) is 43.1 Å². The van der Waals surface area contributed by atoms with E-state index >= 15 is 0 Å². The summed E-state index contributed by atoms with van der Waals surface area (Å²) in [4.78, 5) is 23.4. The standard InChI is InChI=1S/C15H19NO2Si/c1-4-11-19(2,3)12-10-14(17)16-15(18)13-8-6-5-7-9-13/h4-10,12H,1,11H2,2-3H3,(H,16,17,18)/b12-10+. The summed E-state index contributed by atoms with van der Waals surface area (Å²) in [5.41, 5.74) is 2.40. The van der Waals surface area contributed by atoms with Gasteiger partial charge in [0, 0.05) is 5.56 Å². The number of amides is 2. The summed E-state index contributed by atoms with van der Waals surface area (Å²) in [6.07, 6.45) is 3.32. The van der Waals surface area contributed by atoms with Gasteiger partial charge in [-0.2, -0.15) is 0 Å². The van der Waals surface area contributed by atoms with Gasteiger partial charge in [-0.15, -0.1) is 6.58 Å². The maximum Gasteiger partial charge on any atom is 0.258 e. The van der Waals surface area contributed by atoms with Gasteiger partial charge in [0.15, 0.2) is 0 Å². The highest BCUT2D eigenvalue weighted by Gasteiger charge is 2.15. The van der Waals surface area contributed by atoms with Gasteiger partial charge in [0.2, 0.25) is 5.91 Å². The second-order valence-corrected chi connectivity index (χ2v) is 9.72. The Kier molecular flexibility index (Phi) is 5.45. The maximum absolute atomic E-state index is 11.7. The van der Waals surface area contributed by atoms with E-state index < -0.39 is 8.07 Å². The lowest BCUT2D eigenvalue weighted by Gasteiger charge is -2.14. The van der Waals surface area contributed by atoms with Crippen LogP contribution in [0.4, 0.5) is 0 Å². The zero-order valence-electron chi connectivity index (χ0n) is 11.3. The van der Waals surface area contributed by atoms with Crippen LogP contribution in [0.1, 0.15) is 10.4 Å². The van der Waals surface area contributed by atoms with E-state index in [-0.39, 0.29) is 11.8 Å². The van der Waals surface area contributed by atoms with E-state index in [1.165, 1.54) is 6.08 Å². The van der Waals surface area contributed by atoms with Crippen LogP contribution in [0.15, 0.2) is 54.8 Å². The van der Waals surface area contributed by atoms with Crippen LogP contribution < -0.4 is 5.32 Å². The monoisotopic (exact) mass is 273 g/mol. The Morgan fingerprint density at radius 2 is 1.89 bits per heavy atom. The minimum atomic E-state index is -1.57. The molecule has 3 nitrogen and oxygen atoms in total. The van der Waals surface area contributed by atoms with E-state index in [1.54, 1.807) is 24.3 Å². The minimum Gasteiger partial charge on any atom is -0.289 e. The number of imide groups is 1. The van der Waals surface area contributed by atoms with E-state index in [1.807, 2.05) is 17.8 Å². The average Bonchev–Trinajstić information content (AvgIpc) is 2.37. The Hall–Kier alpha value is -1.94. The number of hydrogen-bond donors (Lipinski definition) is 1. The zero-order chi connectivity index (χ0) is 14.3. The van der Waals surface area contributed by atoms with Gasteiger partial charge in [0.1, 0.15) is 0 Å². The first-order chi connectivity index (χ1) is 8.94. The lowest BCUT2D eigenvalue weighted by molar-refractivity contribution is -0.115. The third-order valence-corrected chi connectivity index (χ3v) is 5.04. The number of rotatable bonds is 5.